The van der Waals surface area contributed by atoms with Crippen molar-refractivity contribution in [1.82, 2.24) is 10.7 Å². The minimum absolute atomic E-state index is 0.348. The Hall–Kier alpha value is -2.44. The van der Waals surface area contributed by atoms with Crippen LogP contribution in [0.4, 0.5) is 0 Å². The molecule has 2 aromatic rings. The summed E-state index contributed by atoms with van der Waals surface area (Å²) in [5.41, 5.74) is 3.73. The molecular formula is C18H17ClN4OS. The number of hydrogen-bond acceptors (Lipinski definition) is 4. The maximum atomic E-state index is 5.89. The van der Waals surface area contributed by atoms with Gasteiger partial charge in [-0.15, -0.1) is 0 Å². The maximum absolute atomic E-state index is 5.89. The van der Waals surface area contributed by atoms with Gasteiger partial charge in [0.1, 0.15) is 11.5 Å². The first-order chi connectivity index (χ1) is 12.2. The zero-order valence-corrected chi connectivity index (χ0v) is 14.9. The number of aliphatic imine (C=N–C) groups is 1. The average Bonchev–Trinajstić information content (AvgIpc) is 3.10. The number of nitrogens with one attached hydrogen (secondary N) is 2. The molecule has 0 fully saturated rings. The van der Waals surface area contributed by atoms with E-state index >= 15 is 0 Å². The van der Waals surface area contributed by atoms with E-state index in [0.717, 1.165) is 24.3 Å². The highest BCUT2D eigenvalue weighted by Crippen LogP contribution is 2.23. The summed E-state index contributed by atoms with van der Waals surface area (Å²) in [4.78, 5) is 4.11. The molecule has 1 aliphatic rings. The van der Waals surface area contributed by atoms with Crippen LogP contribution in [0.25, 0.3) is 11.3 Å². The number of rotatable bonds is 5. The molecule has 128 valence electrons. The zero-order chi connectivity index (χ0) is 17.5. The minimum atomic E-state index is 0.348. The largest absolute Gasteiger partial charge is 0.455 e. The Balaban J connectivity index is 1.47. The van der Waals surface area contributed by atoms with Crippen LogP contribution < -0.4 is 10.7 Å². The van der Waals surface area contributed by atoms with Gasteiger partial charge in [0, 0.05) is 35.5 Å². The van der Waals surface area contributed by atoms with Crippen LogP contribution in [0.5, 0.6) is 0 Å². The quantitative estimate of drug-likeness (QED) is 0.473. The molecule has 7 heteroatoms. The summed E-state index contributed by atoms with van der Waals surface area (Å²) in [7, 11) is 0. The van der Waals surface area contributed by atoms with E-state index < -0.39 is 0 Å². The second-order valence-electron chi connectivity index (χ2n) is 5.47. The van der Waals surface area contributed by atoms with Crippen molar-refractivity contribution in [2.24, 2.45) is 16.0 Å². The van der Waals surface area contributed by atoms with E-state index in [2.05, 4.69) is 20.8 Å². The molecule has 1 aromatic carbocycles. The zero-order valence-electron chi connectivity index (χ0n) is 13.4. The standard InChI is InChI=1S/C18H17ClN4OS/c19-15-5-3-14(4-6-15)17-8-7-16(24-17)12-22-23-18(25)21-11-13-2-1-9-20-10-13/h1,3-10,12-13H,2,11H2,(H2,21,23,25)/b22-12+. The van der Waals surface area contributed by atoms with Gasteiger partial charge in [-0.05, 0) is 55.0 Å². The average molecular weight is 373 g/mol. The maximum Gasteiger partial charge on any atom is 0.186 e. The highest BCUT2D eigenvalue weighted by molar-refractivity contribution is 7.80. The van der Waals surface area contributed by atoms with E-state index in [1.54, 1.807) is 12.4 Å². The van der Waals surface area contributed by atoms with Crippen molar-refractivity contribution in [2.45, 2.75) is 6.42 Å². The summed E-state index contributed by atoms with van der Waals surface area (Å²) >= 11 is 11.1. The summed E-state index contributed by atoms with van der Waals surface area (Å²) in [6.07, 6.45) is 8.30. The molecule has 0 aliphatic carbocycles. The lowest BCUT2D eigenvalue weighted by Crippen LogP contribution is -2.36. The van der Waals surface area contributed by atoms with E-state index in [9.17, 15) is 0 Å². The van der Waals surface area contributed by atoms with Crippen molar-refractivity contribution in [3.8, 4) is 11.3 Å². The lowest BCUT2D eigenvalue weighted by molar-refractivity contribution is 0.574. The molecule has 5 nitrogen and oxygen atoms in total. The summed E-state index contributed by atoms with van der Waals surface area (Å²) < 4.78 is 5.73. The monoisotopic (exact) mass is 372 g/mol. The van der Waals surface area contributed by atoms with E-state index in [0.29, 0.717) is 21.8 Å². The van der Waals surface area contributed by atoms with Gasteiger partial charge in [-0.25, -0.2) is 0 Å². The van der Waals surface area contributed by atoms with Gasteiger partial charge < -0.3 is 9.73 Å². The van der Waals surface area contributed by atoms with Gasteiger partial charge in [0.25, 0.3) is 0 Å². The van der Waals surface area contributed by atoms with Crippen LogP contribution in [0, 0.1) is 5.92 Å². The summed E-state index contributed by atoms with van der Waals surface area (Å²) in [6, 6.07) is 11.2. The van der Waals surface area contributed by atoms with Gasteiger partial charge in [-0.3, -0.25) is 10.4 Å². The highest BCUT2D eigenvalue weighted by Gasteiger charge is 2.06. The molecule has 1 atom stereocenters. The number of thiocarbonyl (C=S) groups is 1. The Morgan fingerprint density at radius 3 is 2.92 bits per heavy atom. The number of halogens is 1. The Kier molecular flexibility index (Phi) is 5.98. The Labute approximate surface area is 156 Å². The Morgan fingerprint density at radius 1 is 1.32 bits per heavy atom. The molecule has 0 spiro atoms. The molecule has 2 N–H and O–H groups in total. The van der Waals surface area contributed by atoms with Gasteiger partial charge in [0.15, 0.2) is 5.11 Å². The lowest BCUT2D eigenvalue weighted by atomic mass is 10.1. The molecule has 3 rings (SSSR count). The molecule has 1 unspecified atom stereocenters. The summed E-state index contributed by atoms with van der Waals surface area (Å²) in [5, 5.41) is 8.35. The third-order valence-corrected chi connectivity index (χ3v) is 4.05. The number of hydrazone groups is 1. The van der Waals surface area contributed by atoms with E-state index in [-0.39, 0.29) is 0 Å². The number of allylic oxidation sites excluding steroid dienone is 1. The van der Waals surface area contributed by atoms with E-state index in [4.69, 9.17) is 28.2 Å². The first kappa shape index (κ1) is 17.4. The number of nitrogens with zero attached hydrogens (tertiary/aromatic N) is 2. The third-order valence-electron chi connectivity index (χ3n) is 3.57. The first-order valence-electron chi connectivity index (χ1n) is 7.82. The number of hydrogen-bond donors (Lipinski definition) is 2. The van der Waals surface area contributed by atoms with Crippen LogP contribution in [0.2, 0.25) is 5.02 Å². The number of furan rings is 1. The van der Waals surface area contributed by atoms with Crippen LogP contribution in [0.15, 0.2) is 63.2 Å². The van der Waals surface area contributed by atoms with Crippen LogP contribution >= 0.6 is 23.8 Å². The van der Waals surface area contributed by atoms with Gasteiger partial charge in [-0.2, -0.15) is 5.10 Å². The predicted octanol–water partition coefficient (Wildman–Crippen LogP) is 4.00. The third kappa shape index (κ3) is 5.27. The second kappa shape index (κ2) is 8.60. The van der Waals surface area contributed by atoms with Crippen molar-refractivity contribution in [1.29, 1.82) is 0 Å². The predicted molar refractivity (Wildman–Crippen MR) is 106 cm³/mol. The first-order valence-corrected chi connectivity index (χ1v) is 8.60. The summed E-state index contributed by atoms with van der Waals surface area (Å²) in [6.45, 7) is 0.719. The fourth-order valence-electron chi connectivity index (χ4n) is 2.27. The van der Waals surface area contributed by atoms with Crippen molar-refractivity contribution < 1.29 is 4.42 Å². The fourth-order valence-corrected chi connectivity index (χ4v) is 2.54. The van der Waals surface area contributed by atoms with Crippen molar-refractivity contribution in [3.63, 3.8) is 0 Å². The summed E-state index contributed by atoms with van der Waals surface area (Å²) in [5.74, 6) is 1.73. The van der Waals surface area contributed by atoms with Gasteiger partial charge in [-0.1, -0.05) is 17.7 Å². The molecule has 1 aliphatic heterocycles. The normalized spacial score (nSPS) is 16.3. The lowest BCUT2D eigenvalue weighted by Gasteiger charge is -2.13. The van der Waals surface area contributed by atoms with Gasteiger partial charge >= 0.3 is 0 Å². The topological polar surface area (TPSA) is 61.9 Å². The molecular weight excluding hydrogens is 356 g/mol. The van der Waals surface area contributed by atoms with Crippen LogP contribution in [-0.4, -0.2) is 24.1 Å². The molecule has 25 heavy (non-hydrogen) atoms. The molecule has 0 amide bonds. The van der Waals surface area contributed by atoms with E-state index in [1.807, 2.05) is 48.7 Å². The van der Waals surface area contributed by atoms with Crippen molar-refractivity contribution in [2.75, 3.05) is 6.54 Å². The van der Waals surface area contributed by atoms with Crippen molar-refractivity contribution >= 4 is 41.4 Å². The molecule has 1 aromatic heterocycles. The van der Waals surface area contributed by atoms with Crippen LogP contribution in [0.1, 0.15) is 12.2 Å². The molecule has 0 saturated carbocycles. The second-order valence-corrected chi connectivity index (χ2v) is 6.31. The Morgan fingerprint density at radius 2 is 2.16 bits per heavy atom. The van der Waals surface area contributed by atoms with Crippen LogP contribution in [0.3, 0.4) is 0 Å². The van der Waals surface area contributed by atoms with E-state index in [1.165, 1.54) is 0 Å². The smallest absolute Gasteiger partial charge is 0.186 e. The molecule has 0 bridgehead atoms. The molecule has 2 heterocycles. The van der Waals surface area contributed by atoms with Gasteiger partial charge in [0.05, 0.1) is 6.21 Å². The van der Waals surface area contributed by atoms with Crippen LogP contribution in [-0.2, 0) is 0 Å². The Bertz CT molecular complexity index is 811. The SMILES string of the molecule is S=C(NCC1C=NC=CC1)N/N=C/c1ccc(-c2ccc(Cl)cc2)o1. The fraction of sp³-hybridized carbons (Fsp3) is 0.167. The van der Waals surface area contributed by atoms with Crippen molar-refractivity contribution in [3.05, 3.63) is 59.5 Å². The van der Waals surface area contributed by atoms with Gasteiger partial charge in [0.2, 0.25) is 0 Å². The number of benzene rings is 1. The molecule has 0 saturated heterocycles. The minimum Gasteiger partial charge on any atom is -0.455 e. The molecule has 0 radical (unpaired) electrons. The highest BCUT2D eigenvalue weighted by atomic mass is 35.5.